The number of hydrogen-bond acceptors (Lipinski definition) is 3. The second-order valence-electron chi connectivity index (χ2n) is 8.66. The zero-order chi connectivity index (χ0) is 24.6. The van der Waals surface area contributed by atoms with Crippen LogP contribution in [0, 0.1) is 13.8 Å². The molecule has 0 fully saturated rings. The summed E-state index contributed by atoms with van der Waals surface area (Å²) in [5, 5.41) is 1.04. The van der Waals surface area contributed by atoms with E-state index in [9.17, 15) is 0 Å². The van der Waals surface area contributed by atoms with Crippen molar-refractivity contribution in [2.24, 2.45) is 0 Å². The molecule has 1 unspecified atom stereocenters. The van der Waals surface area contributed by atoms with Gasteiger partial charge in [-0.2, -0.15) is 0 Å². The highest BCUT2D eigenvalue weighted by atomic mass is 31.2. The Labute approximate surface area is 211 Å². The monoisotopic (exact) mass is 483 g/mol. The summed E-state index contributed by atoms with van der Waals surface area (Å²) in [7, 11) is -1.38. The van der Waals surface area contributed by atoms with E-state index in [4.69, 9.17) is 9.05 Å². The van der Waals surface area contributed by atoms with E-state index in [0.717, 1.165) is 47.6 Å². The molecule has 0 bridgehead atoms. The summed E-state index contributed by atoms with van der Waals surface area (Å²) >= 11 is 0. The van der Waals surface area contributed by atoms with Gasteiger partial charge < -0.3 is 9.05 Å². The molecule has 0 amide bonds. The van der Waals surface area contributed by atoms with Crippen molar-refractivity contribution in [3.63, 3.8) is 0 Å². The molecule has 4 aromatic carbocycles. The van der Waals surface area contributed by atoms with Gasteiger partial charge in [0.05, 0.1) is 5.30 Å². The smallest absolute Gasteiger partial charge is 0.326 e. The molecule has 0 aliphatic heterocycles. The molecular weight excluding hydrogens is 449 g/mol. The summed E-state index contributed by atoms with van der Waals surface area (Å²) < 4.78 is 13.3. The van der Waals surface area contributed by atoms with Gasteiger partial charge in [-0.05, 0) is 67.9 Å². The summed E-state index contributed by atoms with van der Waals surface area (Å²) in [5.41, 5.74) is 5.91. The third kappa shape index (κ3) is 6.31. The van der Waals surface area contributed by atoms with Gasteiger partial charge in [-0.1, -0.05) is 92.2 Å². The van der Waals surface area contributed by atoms with Crippen molar-refractivity contribution in [1.29, 1.82) is 0 Å². The normalized spacial score (nSPS) is 11.9. The van der Waals surface area contributed by atoms with Crippen molar-refractivity contribution >= 4 is 13.7 Å². The molecule has 180 valence electrons. The Bertz CT molecular complexity index is 1240. The average molecular weight is 484 g/mol. The first-order chi connectivity index (χ1) is 17.1. The lowest BCUT2D eigenvalue weighted by molar-refractivity contribution is 0.296. The molecular formula is C31H34NO2P. The van der Waals surface area contributed by atoms with E-state index >= 15 is 0 Å². The fourth-order valence-corrected chi connectivity index (χ4v) is 5.52. The van der Waals surface area contributed by atoms with Crippen LogP contribution in [0.5, 0.6) is 11.5 Å². The molecule has 4 rings (SSSR count). The van der Waals surface area contributed by atoms with E-state index in [1.165, 1.54) is 16.7 Å². The molecule has 0 N–H and O–H groups in total. The van der Waals surface area contributed by atoms with Crippen molar-refractivity contribution in [1.82, 2.24) is 4.90 Å². The molecule has 0 saturated carbocycles. The van der Waals surface area contributed by atoms with Gasteiger partial charge >= 0.3 is 8.38 Å². The molecule has 35 heavy (non-hydrogen) atoms. The lowest BCUT2D eigenvalue weighted by Crippen LogP contribution is -2.22. The molecule has 0 spiro atoms. The van der Waals surface area contributed by atoms with Gasteiger partial charge in [-0.3, -0.25) is 4.90 Å². The Hall–Kier alpha value is -3.13. The first-order valence-electron chi connectivity index (χ1n) is 12.3. The number of para-hydroxylation sites is 1. The van der Waals surface area contributed by atoms with Crippen LogP contribution in [0.3, 0.4) is 0 Å². The SMILES string of the molecule is CCN(CC)Cc1ccccc1-c1ccccc1OP(Oc1ccc(C)cc1C)c1ccccc1. The van der Waals surface area contributed by atoms with Gasteiger partial charge in [-0.15, -0.1) is 0 Å². The van der Waals surface area contributed by atoms with Crippen LogP contribution in [0.2, 0.25) is 0 Å². The van der Waals surface area contributed by atoms with Gasteiger partial charge in [0.2, 0.25) is 0 Å². The van der Waals surface area contributed by atoms with Gasteiger partial charge in [0.1, 0.15) is 11.5 Å². The summed E-state index contributed by atoms with van der Waals surface area (Å²) in [4.78, 5) is 2.43. The minimum absolute atomic E-state index is 0.833. The van der Waals surface area contributed by atoms with Crippen LogP contribution in [-0.4, -0.2) is 18.0 Å². The maximum Gasteiger partial charge on any atom is 0.326 e. The van der Waals surface area contributed by atoms with E-state index < -0.39 is 8.38 Å². The number of rotatable bonds is 10. The molecule has 3 nitrogen and oxygen atoms in total. The molecule has 0 aromatic heterocycles. The maximum absolute atomic E-state index is 6.72. The van der Waals surface area contributed by atoms with Crippen molar-refractivity contribution < 1.29 is 9.05 Å². The first-order valence-corrected chi connectivity index (χ1v) is 13.4. The highest BCUT2D eigenvalue weighted by molar-refractivity contribution is 7.56. The number of nitrogens with zero attached hydrogens (tertiary/aromatic N) is 1. The van der Waals surface area contributed by atoms with Crippen LogP contribution in [-0.2, 0) is 6.54 Å². The molecule has 0 aliphatic carbocycles. The molecule has 0 aliphatic rings. The quantitative estimate of drug-likeness (QED) is 0.214. The summed E-state index contributed by atoms with van der Waals surface area (Å²) in [6, 6.07) is 33.4. The van der Waals surface area contributed by atoms with E-state index in [0.29, 0.717) is 0 Å². The lowest BCUT2D eigenvalue weighted by Gasteiger charge is -2.23. The van der Waals surface area contributed by atoms with E-state index in [2.05, 4.69) is 93.3 Å². The van der Waals surface area contributed by atoms with Crippen LogP contribution in [0.15, 0.2) is 97.1 Å². The van der Waals surface area contributed by atoms with Gasteiger partial charge in [-0.25, -0.2) is 0 Å². The largest absolute Gasteiger partial charge is 0.435 e. The third-order valence-corrected chi connectivity index (χ3v) is 7.59. The minimum atomic E-state index is -1.38. The number of aryl methyl sites for hydroxylation is 2. The predicted octanol–water partition coefficient (Wildman–Crippen LogP) is 7.91. The number of hydrogen-bond donors (Lipinski definition) is 0. The summed E-state index contributed by atoms with van der Waals surface area (Å²) in [5.74, 6) is 1.68. The first kappa shape index (κ1) is 25.0. The van der Waals surface area contributed by atoms with E-state index in [-0.39, 0.29) is 0 Å². The van der Waals surface area contributed by atoms with Crippen LogP contribution in [0.4, 0.5) is 0 Å². The molecule has 0 saturated heterocycles. The lowest BCUT2D eigenvalue weighted by atomic mass is 9.98. The minimum Gasteiger partial charge on any atom is -0.435 e. The Morgan fingerprint density at radius 3 is 2.00 bits per heavy atom. The van der Waals surface area contributed by atoms with E-state index in [1.54, 1.807) is 0 Å². The van der Waals surface area contributed by atoms with Crippen molar-refractivity contribution in [2.75, 3.05) is 13.1 Å². The fraction of sp³-hybridized carbons (Fsp3) is 0.226. The molecule has 1 atom stereocenters. The zero-order valence-corrected chi connectivity index (χ0v) is 22.0. The molecule has 4 heteroatoms. The molecule has 4 aromatic rings. The van der Waals surface area contributed by atoms with Gasteiger partial charge in [0, 0.05) is 12.1 Å². The third-order valence-electron chi connectivity index (χ3n) is 6.14. The van der Waals surface area contributed by atoms with Gasteiger partial charge in [0.25, 0.3) is 0 Å². The Morgan fingerprint density at radius 1 is 0.657 bits per heavy atom. The maximum atomic E-state index is 6.72. The van der Waals surface area contributed by atoms with Crippen molar-refractivity contribution in [3.05, 3.63) is 114 Å². The number of benzene rings is 4. The highest BCUT2D eigenvalue weighted by Crippen LogP contribution is 2.44. The van der Waals surface area contributed by atoms with Crippen LogP contribution in [0.25, 0.3) is 11.1 Å². The van der Waals surface area contributed by atoms with Gasteiger partial charge in [0.15, 0.2) is 0 Å². The van der Waals surface area contributed by atoms with Crippen LogP contribution >= 0.6 is 8.38 Å². The molecule has 0 heterocycles. The second kappa shape index (κ2) is 12.0. The summed E-state index contributed by atoms with van der Waals surface area (Å²) in [6.45, 7) is 11.5. The Morgan fingerprint density at radius 2 is 1.29 bits per heavy atom. The Balaban J connectivity index is 1.71. The standard InChI is InChI=1S/C31H34NO2P/c1-5-32(6-2)23-26-14-10-11-17-28(26)29-18-12-13-19-31(29)34-35(27-15-8-7-9-16-27)33-30-21-20-24(3)22-25(30)4/h7-22H,5-6,23H2,1-4H3. The second-order valence-corrected chi connectivity index (χ2v) is 10.1. The average Bonchev–Trinajstić information content (AvgIpc) is 2.89. The molecule has 0 radical (unpaired) electrons. The zero-order valence-electron chi connectivity index (χ0n) is 21.1. The van der Waals surface area contributed by atoms with Crippen molar-refractivity contribution in [2.45, 2.75) is 34.2 Å². The summed E-state index contributed by atoms with van der Waals surface area (Å²) in [6.07, 6.45) is 0. The van der Waals surface area contributed by atoms with E-state index in [1.807, 2.05) is 36.4 Å². The Kier molecular flexibility index (Phi) is 8.58. The van der Waals surface area contributed by atoms with Crippen LogP contribution < -0.4 is 14.4 Å². The van der Waals surface area contributed by atoms with Crippen molar-refractivity contribution in [3.8, 4) is 22.6 Å². The van der Waals surface area contributed by atoms with Crippen LogP contribution in [0.1, 0.15) is 30.5 Å². The fourth-order valence-electron chi connectivity index (χ4n) is 4.13. The predicted molar refractivity (Wildman–Crippen MR) is 149 cm³/mol. The topological polar surface area (TPSA) is 21.7 Å². The highest BCUT2D eigenvalue weighted by Gasteiger charge is 2.21.